The lowest BCUT2D eigenvalue weighted by Gasteiger charge is -2.15. The van der Waals surface area contributed by atoms with Gasteiger partial charge in [0.05, 0.1) is 18.6 Å². The minimum absolute atomic E-state index is 0.168. The molecular weight excluding hydrogens is 448 g/mol. The van der Waals surface area contributed by atoms with E-state index in [0.717, 1.165) is 16.2 Å². The second-order valence-electron chi connectivity index (χ2n) is 7.71. The fraction of sp³-hybridized carbons (Fsp3) is 0.192. The number of carbonyl (C=O) groups is 1. The summed E-state index contributed by atoms with van der Waals surface area (Å²) in [6.07, 6.45) is 1.34. The lowest BCUT2D eigenvalue weighted by molar-refractivity contribution is -0.700. The zero-order chi connectivity index (χ0) is 23.9. The molecule has 0 aliphatic carbocycles. The van der Waals surface area contributed by atoms with Crippen LogP contribution in [0.1, 0.15) is 23.6 Å². The molecule has 1 amide bonds. The minimum Gasteiger partial charge on any atom is -0.870 e. The number of nitrogens with zero attached hydrogens (tertiary/aromatic N) is 2. The van der Waals surface area contributed by atoms with Crippen molar-refractivity contribution in [1.29, 1.82) is 0 Å². The number of aryl methyl sites for hydroxylation is 1. The van der Waals surface area contributed by atoms with Crippen molar-refractivity contribution in [3.63, 3.8) is 0 Å². The Morgan fingerprint density at radius 1 is 1.15 bits per heavy atom. The van der Waals surface area contributed by atoms with Gasteiger partial charge in [-0.1, -0.05) is 59.8 Å². The van der Waals surface area contributed by atoms with Crippen molar-refractivity contribution in [3.05, 3.63) is 83.4 Å². The zero-order valence-corrected chi connectivity index (χ0v) is 19.9. The first-order chi connectivity index (χ1) is 16.5. The molecule has 4 rings (SSSR count). The van der Waals surface area contributed by atoms with Crippen molar-refractivity contribution in [2.24, 2.45) is 5.10 Å². The molecule has 0 saturated heterocycles. The molecule has 1 aromatic heterocycles. The van der Waals surface area contributed by atoms with Crippen LogP contribution in [0.15, 0.2) is 77.0 Å². The summed E-state index contributed by atoms with van der Waals surface area (Å²) in [6, 6.07) is 21.5. The van der Waals surface area contributed by atoms with Crippen LogP contribution in [0, 0.1) is 6.92 Å². The van der Waals surface area contributed by atoms with Crippen LogP contribution in [-0.2, 0) is 11.3 Å². The molecule has 2 N–H and O–H groups in total. The SMILES string of the molecule is CCOc1cccc(/C=N/NC(=O)CSc2[nH]c3ccccc3[n+]2Cc2ccc(C)cc2)c1[O-]. The smallest absolute Gasteiger partial charge is 0.317 e. The van der Waals surface area contributed by atoms with Crippen LogP contribution in [0.25, 0.3) is 11.0 Å². The Bertz CT molecular complexity index is 1320. The Hall–Kier alpha value is -3.78. The first-order valence-electron chi connectivity index (χ1n) is 11.0. The number of carbonyl (C=O) groups excluding carboxylic acids is 1. The Morgan fingerprint density at radius 2 is 1.94 bits per heavy atom. The molecule has 0 unspecified atom stereocenters. The number of thioether (sulfide) groups is 1. The van der Waals surface area contributed by atoms with E-state index in [9.17, 15) is 9.90 Å². The average molecular weight is 475 g/mol. The van der Waals surface area contributed by atoms with Gasteiger partial charge in [0.2, 0.25) is 0 Å². The van der Waals surface area contributed by atoms with Crippen LogP contribution in [-0.4, -0.2) is 29.5 Å². The quantitative estimate of drug-likeness (QED) is 0.168. The maximum Gasteiger partial charge on any atom is 0.317 e. The predicted molar refractivity (Wildman–Crippen MR) is 132 cm³/mol. The number of aromatic nitrogens is 2. The number of rotatable bonds is 9. The molecule has 0 aliphatic heterocycles. The van der Waals surface area contributed by atoms with E-state index in [2.05, 4.69) is 57.3 Å². The van der Waals surface area contributed by atoms with Gasteiger partial charge in [0.25, 0.3) is 5.91 Å². The van der Waals surface area contributed by atoms with Crippen molar-refractivity contribution in [2.45, 2.75) is 25.5 Å². The molecule has 0 atom stereocenters. The number of ether oxygens (including phenoxy) is 1. The van der Waals surface area contributed by atoms with E-state index in [-0.39, 0.29) is 23.2 Å². The highest BCUT2D eigenvalue weighted by molar-refractivity contribution is 7.99. The van der Waals surface area contributed by atoms with Gasteiger partial charge in [-0.3, -0.25) is 4.79 Å². The molecule has 0 radical (unpaired) electrons. The van der Waals surface area contributed by atoms with Crippen LogP contribution in [0.3, 0.4) is 0 Å². The number of hydrazone groups is 1. The lowest BCUT2D eigenvalue weighted by Crippen LogP contribution is -2.36. The molecular formula is C26H26N4O3S. The van der Waals surface area contributed by atoms with Crippen LogP contribution in [0.5, 0.6) is 11.5 Å². The molecule has 34 heavy (non-hydrogen) atoms. The monoisotopic (exact) mass is 474 g/mol. The van der Waals surface area contributed by atoms with E-state index in [1.54, 1.807) is 18.2 Å². The number of para-hydroxylation sites is 3. The van der Waals surface area contributed by atoms with E-state index in [4.69, 9.17) is 4.74 Å². The summed E-state index contributed by atoms with van der Waals surface area (Å²) in [5.74, 6) is -0.0891. The first kappa shape index (κ1) is 23.4. The number of amides is 1. The number of hydrogen-bond donors (Lipinski definition) is 2. The van der Waals surface area contributed by atoms with Gasteiger partial charge in [0, 0.05) is 0 Å². The summed E-state index contributed by atoms with van der Waals surface area (Å²) in [4.78, 5) is 15.8. The van der Waals surface area contributed by atoms with Crippen molar-refractivity contribution < 1.29 is 19.2 Å². The minimum atomic E-state index is -0.268. The molecule has 0 saturated carbocycles. The number of imidazole rings is 1. The first-order valence-corrected chi connectivity index (χ1v) is 12.0. The zero-order valence-electron chi connectivity index (χ0n) is 19.1. The fourth-order valence-electron chi connectivity index (χ4n) is 3.50. The Morgan fingerprint density at radius 3 is 2.74 bits per heavy atom. The predicted octanol–water partition coefficient (Wildman–Crippen LogP) is 3.53. The van der Waals surface area contributed by atoms with Gasteiger partial charge in [-0.05, 0) is 54.9 Å². The van der Waals surface area contributed by atoms with Gasteiger partial charge in [0.15, 0.2) is 11.0 Å². The summed E-state index contributed by atoms with van der Waals surface area (Å²) in [6.45, 7) is 4.98. The highest BCUT2D eigenvalue weighted by Crippen LogP contribution is 2.25. The topological polar surface area (TPSA) is 93.4 Å². The van der Waals surface area contributed by atoms with Crippen LogP contribution < -0.4 is 19.8 Å². The van der Waals surface area contributed by atoms with Crippen LogP contribution in [0.2, 0.25) is 0 Å². The molecule has 174 valence electrons. The van der Waals surface area contributed by atoms with Gasteiger partial charge in [0.1, 0.15) is 12.3 Å². The summed E-state index contributed by atoms with van der Waals surface area (Å²) in [5.41, 5.74) is 7.32. The molecule has 1 heterocycles. The van der Waals surface area contributed by atoms with E-state index in [0.29, 0.717) is 18.7 Å². The van der Waals surface area contributed by atoms with Gasteiger partial charge >= 0.3 is 5.16 Å². The number of H-pyrrole nitrogens is 1. The van der Waals surface area contributed by atoms with Crippen LogP contribution >= 0.6 is 11.8 Å². The lowest BCUT2D eigenvalue weighted by atomic mass is 10.1. The number of fused-ring (bicyclic) bond motifs is 1. The Labute approximate surface area is 202 Å². The van der Waals surface area contributed by atoms with Gasteiger partial charge < -0.3 is 9.84 Å². The van der Waals surface area contributed by atoms with Crippen molar-refractivity contribution >= 4 is 34.9 Å². The standard InChI is InChI=1S/C26H26N4O3S/c1-3-33-23-10-6-7-20(25(23)32)15-27-29-24(31)17-34-26-28-21-8-4-5-9-22(21)30(26)16-19-13-11-18(2)12-14-19/h4-15H,3,16-17H2,1-2H3,(H2,27,29,31,32). The van der Waals surface area contributed by atoms with Gasteiger partial charge in [-0.25, -0.2) is 15.0 Å². The van der Waals surface area contributed by atoms with Crippen molar-refractivity contribution in [2.75, 3.05) is 12.4 Å². The maximum atomic E-state index is 12.4. The van der Waals surface area contributed by atoms with E-state index >= 15 is 0 Å². The Kier molecular flexibility index (Phi) is 7.49. The summed E-state index contributed by atoms with van der Waals surface area (Å²) in [5, 5.41) is 17.1. The third-order valence-corrected chi connectivity index (χ3v) is 6.19. The second kappa shape index (κ2) is 10.9. The maximum absolute atomic E-state index is 12.4. The van der Waals surface area contributed by atoms with Crippen LogP contribution in [0.4, 0.5) is 0 Å². The van der Waals surface area contributed by atoms with Crippen molar-refractivity contribution in [3.8, 4) is 11.5 Å². The normalized spacial score (nSPS) is 11.2. The summed E-state index contributed by atoms with van der Waals surface area (Å²) < 4.78 is 7.48. The number of benzene rings is 3. The third-order valence-electron chi connectivity index (χ3n) is 5.18. The molecule has 0 bridgehead atoms. The van der Waals surface area contributed by atoms with Gasteiger partial charge in [-0.15, -0.1) is 0 Å². The Balaban J connectivity index is 1.43. The largest absolute Gasteiger partial charge is 0.870 e. The molecule has 0 aliphatic rings. The highest BCUT2D eigenvalue weighted by atomic mass is 32.2. The highest BCUT2D eigenvalue weighted by Gasteiger charge is 2.20. The summed E-state index contributed by atoms with van der Waals surface area (Å²) >= 11 is 1.40. The molecule has 7 nitrogen and oxygen atoms in total. The summed E-state index contributed by atoms with van der Waals surface area (Å²) in [7, 11) is 0. The molecule has 0 spiro atoms. The molecule has 4 aromatic rings. The third kappa shape index (κ3) is 5.58. The molecule has 8 heteroatoms. The second-order valence-corrected chi connectivity index (χ2v) is 8.67. The number of nitrogens with one attached hydrogen (secondary N) is 2. The van der Waals surface area contributed by atoms with Crippen molar-refractivity contribution in [1.82, 2.24) is 10.4 Å². The molecule has 0 fully saturated rings. The van der Waals surface area contributed by atoms with E-state index in [1.807, 2.05) is 25.1 Å². The van der Waals surface area contributed by atoms with E-state index in [1.165, 1.54) is 29.1 Å². The van der Waals surface area contributed by atoms with E-state index < -0.39 is 0 Å². The number of aromatic amines is 1. The number of hydrogen-bond acceptors (Lipinski definition) is 5. The average Bonchev–Trinajstić information content (AvgIpc) is 3.19. The fourth-order valence-corrected chi connectivity index (χ4v) is 4.33. The molecule has 3 aromatic carbocycles. The van der Waals surface area contributed by atoms with Gasteiger partial charge in [-0.2, -0.15) is 5.10 Å².